The van der Waals surface area contributed by atoms with Crippen molar-refractivity contribution in [3.8, 4) is 0 Å². The third-order valence-electron chi connectivity index (χ3n) is 8.30. The van der Waals surface area contributed by atoms with Gasteiger partial charge in [-0.25, -0.2) is 9.78 Å². The third kappa shape index (κ3) is 17.1. The number of nitrogens with zero attached hydrogens (tertiary/aromatic N) is 3. The van der Waals surface area contributed by atoms with E-state index in [1.807, 2.05) is 30.3 Å². The molecule has 2 unspecified atom stereocenters. The molecule has 53 heavy (non-hydrogen) atoms. The molecule has 17 nitrogen and oxygen atoms in total. The van der Waals surface area contributed by atoms with Crippen LogP contribution in [0.4, 0.5) is 4.79 Å². The molecule has 2 aromatic rings. The van der Waals surface area contributed by atoms with Gasteiger partial charge in [-0.05, 0) is 74.1 Å². The highest BCUT2D eigenvalue weighted by Gasteiger charge is 2.47. The Bertz CT molecular complexity index is 1460. The molecule has 1 saturated heterocycles. The van der Waals surface area contributed by atoms with Crippen LogP contribution >= 0.6 is 15.6 Å². The van der Waals surface area contributed by atoms with Crippen molar-refractivity contribution in [2.24, 2.45) is 5.92 Å². The molecule has 3 amide bonds. The number of rotatable bonds is 15. The van der Waals surface area contributed by atoms with Crippen molar-refractivity contribution in [3.05, 3.63) is 60.2 Å². The quantitative estimate of drug-likeness (QED) is 0.113. The first-order valence-corrected chi connectivity index (χ1v) is 20.8. The zero-order chi connectivity index (χ0) is 38.6. The molecule has 20 heteroatoms. The number of carbonyl (C=O) groups is 3. The van der Waals surface area contributed by atoms with Crippen LogP contribution in [-0.2, 0) is 34.4 Å². The summed E-state index contributed by atoms with van der Waals surface area (Å²) in [5.74, 6) is -1.15. The van der Waals surface area contributed by atoms with E-state index in [2.05, 4.69) is 39.3 Å². The molecule has 2 heterocycles. The Morgan fingerprint density at radius 1 is 0.981 bits per heavy atom. The highest BCUT2D eigenvalue weighted by atomic mass is 31.2. The third-order valence-corrected chi connectivity index (χ3v) is 11.1. The SMILES string of the molecule is CC(C)C[C@@H](NC(=O)[C@@H](Cc1ccccc1)NC(=O)c1cnccn1)B1OCCCCCN(CCOC(=O)NC([P+](=O)O)P(=O)(O)O)CCCCCO1. The van der Waals surface area contributed by atoms with Gasteiger partial charge in [0.2, 0.25) is 5.91 Å². The molecular weight excluding hydrogens is 729 g/mol. The van der Waals surface area contributed by atoms with E-state index in [1.54, 1.807) is 5.32 Å². The second-order valence-electron chi connectivity index (χ2n) is 13.2. The van der Waals surface area contributed by atoms with Crippen molar-refractivity contribution < 1.29 is 52.2 Å². The zero-order valence-electron chi connectivity index (χ0n) is 30.2. The first-order chi connectivity index (χ1) is 25.3. The van der Waals surface area contributed by atoms with Crippen molar-refractivity contribution >= 4 is 40.6 Å². The lowest BCUT2D eigenvalue weighted by Gasteiger charge is -2.29. The average Bonchev–Trinajstić information content (AvgIpc) is 3.11. The molecule has 0 bridgehead atoms. The Balaban J connectivity index is 1.58. The second-order valence-corrected chi connectivity index (χ2v) is 16.4. The lowest BCUT2D eigenvalue weighted by atomic mass is 9.73. The summed E-state index contributed by atoms with van der Waals surface area (Å²) in [6, 6.07) is 8.53. The van der Waals surface area contributed by atoms with E-state index >= 15 is 0 Å². The van der Waals surface area contributed by atoms with Crippen molar-refractivity contribution in [2.45, 2.75) is 82.7 Å². The highest BCUT2D eigenvalue weighted by Crippen LogP contribution is 2.49. The summed E-state index contributed by atoms with van der Waals surface area (Å²) < 4.78 is 40.2. The van der Waals surface area contributed by atoms with Crippen LogP contribution in [0.2, 0.25) is 0 Å². The van der Waals surface area contributed by atoms with Gasteiger partial charge in [0.15, 0.2) is 0 Å². The predicted molar refractivity (Wildman–Crippen MR) is 197 cm³/mol. The fourth-order valence-electron chi connectivity index (χ4n) is 5.66. The standard InChI is InChI=1S/C33H51BN6O11P2/c1-25(2)22-29(38-30(41)27(23-26-12-6-3-7-13-26)37-31(42)28-24-35-14-15-36-28)34-50-19-10-4-8-16-40(17-9-5-11-20-51-34)18-21-49-32(43)39-33(52(44)45)53(46,47)48/h3,6-7,12-15,24-25,27,29,33H,4-5,8-11,16-23H2,1-2H3,(H5-,37,38,39,41,42,43,44,45,46,47,48)/p+1/t27-,29-,33?/m1/s1. The minimum atomic E-state index is -5.04. The molecule has 6 N–H and O–H groups in total. The molecule has 1 aliphatic rings. The molecule has 292 valence electrons. The Kier molecular flexibility index (Phi) is 19.5. The number of benzene rings is 1. The maximum Gasteiger partial charge on any atom is 0.544 e. The number of hydrogen-bond acceptors (Lipinski definition) is 11. The molecular formula is C33H52BN6O11P2+. The van der Waals surface area contributed by atoms with Gasteiger partial charge in [0.25, 0.3) is 5.91 Å². The minimum Gasteiger partial charge on any atom is -0.448 e. The topological polar surface area (TPSA) is 239 Å². The van der Waals surface area contributed by atoms with Crippen LogP contribution in [0.3, 0.4) is 0 Å². The smallest absolute Gasteiger partial charge is 0.448 e. The number of alkyl carbamates (subject to hydrolysis) is 1. The first-order valence-electron chi connectivity index (χ1n) is 17.8. The molecule has 1 aromatic carbocycles. The second kappa shape index (κ2) is 23.5. The van der Waals surface area contributed by atoms with Crippen molar-refractivity contribution in [1.82, 2.24) is 30.8 Å². The van der Waals surface area contributed by atoms with Gasteiger partial charge in [-0.15, -0.1) is 0 Å². The fourth-order valence-corrected chi connectivity index (χ4v) is 7.18. The largest absolute Gasteiger partial charge is 0.544 e. The van der Waals surface area contributed by atoms with Crippen LogP contribution in [-0.4, -0.2) is 112 Å². The lowest BCUT2D eigenvalue weighted by Crippen LogP contribution is -2.56. The van der Waals surface area contributed by atoms with Gasteiger partial charge in [0.1, 0.15) is 18.3 Å². The molecule has 3 rings (SSSR count). The number of aromatic nitrogens is 2. The molecule has 1 aliphatic heterocycles. The summed E-state index contributed by atoms with van der Waals surface area (Å²) in [4.78, 5) is 76.7. The van der Waals surface area contributed by atoms with Gasteiger partial charge >= 0.3 is 34.4 Å². The van der Waals surface area contributed by atoms with Gasteiger partial charge < -0.3 is 34.5 Å². The van der Waals surface area contributed by atoms with Crippen LogP contribution in [0, 0.1) is 5.92 Å². The fraction of sp³-hybridized carbons (Fsp3) is 0.606. The van der Waals surface area contributed by atoms with Crippen molar-refractivity contribution in [3.63, 3.8) is 0 Å². The Morgan fingerprint density at radius 2 is 1.64 bits per heavy atom. The Morgan fingerprint density at radius 3 is 2.21 bits per heavy atom. The minimum absolute atomic E-state index is 0.0744. The number of ether oxygens (including phenoxy) is 1. The van der Waals surface area contributed by atoms with Crippen LogP contribution in [0.5, 0.6) is 0 Å². The van der Waals surface area contributed by atoms with Crippen LogP contribution in [0.1, 0.15) is 74.8 Å². The summed E-state index contributed by atoms with van der Waals surface area (Å²) in [5, 5.41) is 7.74. The molecule has 4 atom stereocenters. The van der Waals surface area contributed by atoms with Gasteiger partial charge in [-0.3, -0.25) is 29.4 Å². The van der Waals surface area contributed by atoms with Gasteiger partial charge in [-0.2, -0.15) is 4.89 Å². The maximum absolute atomic E-state index is 13.9. The number of carbonyl (C=O) groups excluding carboxylic acids is 3. The lowest BCUT2D eigenvalue weighted by molar-refractivity contribution is -0.123. The van der Waals surface area contributed by atoms with Crippen LogP contribution < -0.4 is 16.0 Å². The van der Waals surface area contributed by atoms with E-state index < -0.39 is 52.2 Å². The summed E-state index contributed by atoms with van der Waals surface area (Å²) >= 11 is 0. The maximum atomic E-state index is 13.9. The normalized spacial score (nSPS) is 17.5. The van der Waals surface area contributed by atoms with Crippen molar-refractivity contribution in [1.29, 1.82) is 0 Å². The summed E-state index contributed by atoms with van der Waals surface area (Å²) in [6.45, 7) is 6.62. The Labute approximate surface area is 311 Å². The zero-order valence-corrected chi connectivity index (χ0v) is 32.0. The summed E-state index contributed by atoms with van der Waals surface area (Å²) in [6.07, 6.45) is 8.64. The summed E-state index contributed by atoms with van der Waals surface area (Å²) in [5.41, 5.74) is -1.25. The van der Waals surface area contributed by atoms with E-state index in [0.29, 0.717) is 39.3 Å². The molecule has 0 spiro atoms. The van der Waals surface area contributed by atoms with Crippen molar-refractivity contribution in [2.75, 3.05) is 39.5 Å². The van der Waals surface area contributed by atoms with E-state index in [-0.39, 0.29) is 30.5 Å². The number of hydrogen-bond donors (Lipinski definition) is 6. The Hall–Kier alpha value is -3.34. The average molecular weight is 782 g/mol. The molecule has 0 radical (unpaired) electrons. The van der Waals surface area contributed by atoms with Gasteiger partial charge in [-0.1, -0.05) is 44.2 Å². The molecule has 0 saturated carbocycles. The van der Waals surface area contributed by atoms with Crippen LogP contribution in [0.25, 0.3) is 0 Å². The number of nitrogens with one attached hydrogen (secondary N) is 3. The van der Waals surface area contributed by atoms with Gasteiger partial charge in [0.05, 0.1) is 12.1 Å². The van der Waals surface area contributed by atoms with E-state index in [0.717, 1.165) is 44.1 Å². The molecule has 0 aliphatic carbocycles. The highest BCUT2D eigenvalue weighted by molar-refractivity contribution is 7.65. The van der Waals surface area contributed by atoms with E-state index in [4.69, 9.17) is 18.9 Å². The number of amides is 3. The van der Waals surface area contributed by atoms with Crippen LogP contribution in [0.15, 0.2) is 48.9 Å². The molecule has 1 fully saturated rings. The monoisotopic (exact) mass is 781 g/mol. The van der Waals surface area contributed by atoms with E-state index in [9.17, 15) is 33.3 Å². The van der Waals surface area contributed by atoms with E-state index in [1.165, 1.54) is 18.6 Å². The summed E-state index contributed by atoms with van der Waals surface area (Å²) in [7, 11) is -9.11. The first kappa shape index (κ1) is 44.1. The molecule has 1 aromatic heterocycles. The van der Waals surface area contributed by atoms with Gasteiger partial charge in [0, 0.05) is 38.6 Å². The predicted octanol–water partition coefficient (Wildman–Crippen LogP) is 2.99.